The van der Waals surface area contributed by atoms with Gasteiger partial charge in [-0.2, -0.15) is 4.31 Å². The first-order valence-corrected chi connectivity index (χ1v) is 9.40. The third-order valence-corrected chi connectivity index (χ3v) is 5.47. The molecule has 0 aliphatic rings. The number of carbonyl (C=O) groups is 1. The number of nitrogens with one attached hydrogen (secondary N) is 1. The second kappa shape index (κ2) is 8.65. The molecule has 11 heteroatoms. The van der Waals surface area contributed by atoms with Crippen molar-refractivity contribution in [2.45, 2.75) is 18.2 Å². The number of amides is 1. The molecule has 2 rings (SSSR count). The molecular weight excluding hydrogens is 407 g/mol. The number of halogens is 5. The first-order valence-electron chi connectivity index (χ1n) is 7.96. The van der Waals surface area contributed by atoms with Crippen molar-refractivity contribution < 1.29 is 35.2 Å². The zero-order valence-corrected chi connectivity index (χ0v) is 15.3. The lowest BCUT2D eigenvalue weighted by atomic mass is 10.2. The molecule has 2 aromatic rings. The van der Waals surface area contributed by atoms with Crippen LogP contribution in [0.1, 0.15) is 13.3 Å². The fourth-order valence-corrected chi connectivity index (χ4v) is 3.88. The van der Waals surface area contributed by atoms with Gasteiger partial charge >= 0.3 is 0 Å². The summed E-state index contributed by atoms with van der Waals surface area (Å²) in [7, 11) is -4.60. The van der Waals surface area contributed by atoms with Gasteiger partial charge < -0.3 is 5.32 Å². The van der Waals surface area contributed by atoms with Gasteiger partial charge in [0.15, 0.2) is 17.5 Å². The Labute approximate surface area is 157 Å². The van der Waals surface area contributed by atoms with Crippen molar-refractivity contribution in [2.75, 3.05) is 18.4 Å². The van der Waals surface area contributed by atoms with E-state index < -0.39 is 62.1 Å². The van der Waals surface area contributed by atoms with Gasteiger partial charge in [-0.1, -0.05) is 6.92 Å². The molecule has 5 nitrogen and oxygen atoms in total. The Hall–Kier alpha value is -2.53. The van der Waals surface area contributed by atoms with Gasteiger partial charge in [0.2, 0.25) is 15.9 Å². The Balaban J connectivity index is 2.28. The molecule has 0 fully saturated rings. The van der Waals surface area contributed by atoms with Crippen molar-refractivity contribution in [3.05, 3.63) is 59.4 Å². The standard InChI is InChI=1S/C17H15F5N2O3S/c1-2-7-24(28(26,27)14-8-10(18)3-4-11(14)19)9-15(25)23-13-6-5-12(20)16(21)17(13)22/h3-6,8H,2,7,9H2,1H3,(H,23,25). The van der Waals surface area contributed by atoms with Crippen molar-refractivity contribution >= 4 is 21.6 Å². The maximum absolute atomic E-state index is 13.9. The average Bonchev–Trinajstić information content (AvgIpc) is 2.63. The summed E-state index contributed by atoms with van der Waals surface area (Å²) in [5.74, 6) is -8.22. The van der Waals surface area contributed by atoms with E-state index in [2.05, 4.69) is 0 Å². The van der Waals surface area contributed by atoms with Gasteiger partial charge in [-0.05, 0) is 36.8 Å². The lowest BCUT2D eigenvalue weighted by Gasteiger charge is -2.21. The molecular formula is C17H15F5N2O3S. The minimum atomic E-state index is -4.60. The van der Waals surface area contributed by atoms with Crippen molar-refractivity contribution in [1.29, 1.82) is 0 Å². The number of rotatable bonds is 7. The van der Waals surface area contributed by atoms with Gasteiger partial charge in [0.1, 0.15) is 16.5 Å². The summed E-state index contributed by atoms with van der Waals surface area (Å²) in [6, 6.07) is 3.17. The van der Waals surface area contributed by atoms with Crippen LogP contribution in [0.5, 0.6) is 0 Å². The van der Waals surface area contributed by atoms with Crippen LogP contribution in [0.25, 0.3) is 0 Å². The highest BCUT2D eigenvalue weighted by molar-refractivity contribution is 7.89. The minimum Gasteiger partial charge on any atom is -0.322 e. The number of carbonyl (C=O) groups excluding carboxylic acids is 1. The summed E-state index contributed by atoms with van der Waals surface area (Å²) in [6.07, 6.45) is 0.225. The minimum absolute atomic E-state index is 0.225. The summed E-state index contributed by atoms with van der Waals surface area (Å²) < 4.78 is 92.8. The maximum atomic E-state index is 13.9. The zero-order chi connectivity index (χ0) is 21.1. The Bertz CT molecular complexity index is 999. The molecule has 2 aromatic carbocycles. The molecule has 1 amide bonds. The molecule has 28 heavy (non-hydrogen) atoms. The summed E-state index contributed by atoms with van der Waals surface area (Å²) >= 11 is 0. The van der Waals surface area contributed by atoms with Crippen LogP contribution >= 0.6 is 0 Å². The molecule has 0 bridgehead atoms. The van der Waals surface area contributed by atoms with E-state index in [1.165, 1.54) is 0 Å². The molecule has 0 aliphatic heterocycles. The zero-order valence-electron chi connectivity index (χ0n) is 14.5. The Morgan fingerprint density at radius 3 is 2.29 bits per heavy atom. The van der Waals surface area contributed by atoms with E-state index in [9.17, 15) is 35.2 Å². The molecule has 0 aromatic heterocycles. The van der Waals surface area contributed by atoms with Gasteiger partial charge in [-0.3, -0.25) is 4.79 Å². The van der Waals surface area contributed by atoms with Gasteiger partial charge in [-0.15, -0.1) is 0 Å². The monoisotopic (exact) mass is 422 g/mol. The van der Waals surface area contributed by atoms with Crippen molar-refractivity contribution in [3.8, 4) is 0 Å². The smallest absolute Gasteiger partial charge is 0.246 e. The third kappa shape index (κ3) is 4.65. The normalized spacial score (nSPS) is 11.7. The fraction of sp³-hybridized carbons (Fsp3) is 0.235. The maximum Gasteiger partial charge on any atom is 0.246 e. The molecule has 0 radical (unpaired) electrons. The lowest BCUT2D eigenvalue weighted by molar-refractivity contribution is -0.116. The highest BCUT2D eigenvalue weighted by atomic mass is 32.2. The molecule has 0 atom stereocenters. The highest BCUT2D eigenvalue weighted by Gasteiger charge is 2.29. The molecule has 152 valence electrons. The molecule has 0 saturated heterocycles. The van der Waals surface area contributed by atoms with E-state index in [0.29, 0.717) is 22.5 Å². The SMILES string of the molecule is CCCN(CC(=O)Nc1ccc(F)c(F)c1F)S(=O)(=O)c1cc(F)ccc1F. The summed E-state index contributed by atoms with van der Waals surface area (Å²) in [5, 5.41) is 1.92. The van der Waals surface area contributed by atoms with E-state index in [1.54, 1.807) is 6.92 Å². The summed E-state index contributed by atoms with van der Waals surface area (Å²) in [4.78, 5) is 11.1. The van der Waals surface area contributed by atoms with Crippen LogP contribution in [-0.2, 0) is 14.8 Å². The molecule has 0 unspecified atom stereocenters. The topological polar surface area (TPSA) is 66.5 Å². The van der Waals surface area contributed by atoms with E-state index in [0.717, 1.165) is 12.1 Å². The largest absolute Gasteiger partial charge is 0.322 e. The molecule has 0 aliphatic carbocycles. The van der Waals surface area contributed by atoms with Crippen LogP contribution in [-0.4, -0.2) is 31.7 Å². The first kappa shape index (κ1) is 21.8. The number of hydrogen-bond donors (Lipinski definition) is 1. The Kier molecular flexibility index (Phi) is 6.73. The number of benzene rings is 2. The predicted molar refractivity (Wildman–Crippen MR) is 90.4 cm³/mol. The van der Waals surface area contributed by atoms with E-state index >= 15 is 0 Å². The fourth-order valence-electron chi connectivity index (χ4n) is 2.32. The summed E-state index contributed by atoms with van der Waals surface area (Å²) in [6.45, 7) is 0.466. The van der Waals surface area contributed by atoms with Gasteiger partial charge in [0.05, 0.1) is 12.2 Å². The van der Waals surface area contributed by atoms with E-state index in [-0.39, 0.29) is 13.0 Å². The van der Waals surface area contributed by atoms with Crippen molar-refractivity contribution in [1.82, 2.24) is 4.31 Å². The molecule has 1 N–H and O–H groups in total. The van der Waals surface area contributed by atoms with Crippen LogP contribution in [0.4, 0.5) is 27.6 Å². The van der Waals surface area contributed by atoms with Crippen molar-refractivity contribution in [3.63, 3.8) is 0 Å². The lowest BCUT2D eigenvalue weighted by Crippen LogP contribution is -2.39. The first-order chi connectivity index (χ1) is 13.1. The number of nitrogens with zero attached hydrogens (tertiary/aromatic N) is 1. The van der Waals surface area contributed by atoms with Crippen LogP contribution in [0.3, 0.4) is 0 Å². The van der Waals surface area contributed by atoms with Gasteiger partial charge in [0.25, 0.3) is 0 Å². The number of hydrogen-bond acceptors (Lipinski definition) is 3. The third-order valence-electron chi connectivity index (χ3n) is 3.61. The van der Waals surface area contributed by atoms with Crippen LogP contribution in [0.2, 0.25) is 0 Å². The van der Waals surface area contributed by atoms with E-state index in [1.807, 2.05) is 5.32 Å². The van der Waals surface area contributed by atoms with Gasteiger partial charge in [-0.25, -0.2) is 30.4 Å². The molecule has 0 heterocycles. The Morgan fingerprint density at radius 1 is 1.00 bits per heavy atom. The average molecular weight is 422 g/mol. The van der Waals surface area contributed by atoms with Crippen LogP contribution in [0, 0.1) is 29.1 Å². The second-order valence-electron chi connectivity index (χ2n) is 5.68. The van der Waals surface area contributed by atoms with E-state index in [4.69, 9.17) is 0 Å². The number of anilines is 1. The Morgan fingerprint density at radius 2 is 1.64 bits per heavy atom. The quantitative estimate of drug-likeness (QED) is 0.549. The predicted octanol–water partition coefficient (Wildman–Crippen LogP) is 3.42. The van der Waals surface area contributed by atoms with Crippen LogP contribution in [0.15, 0.2) is 35.2 Å². The van der Waals surface area contributed by atoms with Gasteiger partial charge in [0, 0.05) is 6.54 Å². The molecule has 0 spiro atoms. The molecule has 0 saturated carbocycles. The van der Waals surface area contributed by atoms with Crippen LogP contribution < -0.4 is 5.32 Å². The second-order valence-corrected chi connectivity index (χ2v) is 7.59. The summed E-state index contributed by atoms with van der Waals surface area (Å²) in [5.41, 5.74) is -0.699. The highest BCUT2D eigenvalue weighted by Crippen LogP contribution is 2.22. The number of sulfonamides is 1. The van der Waals surface area contributed by atoms with Crippen molar-refractivity contribution in [2.24, 2.45) is 0 Å².